The minimum absolute atomic E-state index is 0.119. The van der Waals surface area contributed by atoms with Crippen LogP contribution in [0.15, 0.2) is 83.7 Å². The van der Waals surface area contributed by atoms with E-state index < -0.39 is 5.91 Å². The number of carbonyl (C=O) groups excluding carboxylic acids is 1. The molecule has 1 amide bonds. The Hall–Kier alpha value is -4.61. The molecule has 1 heterocycles. The molecule has 0 atom stereocenters. The highest BCUT2D eigenvalue weighted by molar-refractivity contribution is 7.07. The first-order valence-corrected chi connectivity index (χ1v) is 12.3. The van der Waals surface area contributed by atoms with Crippen molar-refractivity contribution in [3.63, 3.8) is 0 Å². The summed E-state index contributed by atoms with van der Waals surface area (Å²) < 4.78 is 12.7. The summed E-state index contributed by atoms with van der Waals surface area (Å²) >= 11 is 1.09. The molecule has 0 aliphatic carbocycles. The SMILES string of the molecule is COc1ccc(/C=c2\s/c(=C(\C#N)C(=O)NCCc3ccccc3)n(-c3ccccc3)c2=O)cc1OC. The molecule has 7 nitrogen and oxygen atoms in total. The van der Waals surface area contributed by atoms with Gasteiger partial charge in [-0.2, -0.15) is 5.26 Å². The Morgan fingerprint density at radius 1 is 1.00 bits per heavy atom. The summed E-state index contributed by atoms with van der Waals surface area (Å²) in [5.41, 5.74) is 1.91. The third-order valence-electron chi connectivity index (χ3n) is 5.64. The lowest BCUT2D eigenvalue weighted by atomic mass is 10.1. The number of thiazole rings is 1. The number of para-hydroxylation sites is 1. The molecule has 0 spiro atoms. The van der Waals surface area contributed by atoms with E-state index in [1.165, 1.54) is 11.7 Å². The highest BCUT2D eigenvalue weighted by Crippen LogP contribution is 2.27. The van der Waals surface area contributed by atoms with Gasteiger partial charge in [-0.25, -0.2) is 0 Å². The summed E-state index contributed by atoms with van der Waals surface area (Å²) in [6.07, 6.45) is 2.33. The van der Waals surface area contributed by atoms with Crippen LogP contribution in [0.1, 0.15) is 11.1 Å². The van der Waals surface area contributed by atoms with Crippen LogP contribution in [0.4, 0.5) is 0 Å². The molecule has 37 heavy (non-hydrogen) atoms. The fourth-order valence-corrected chi connectivity index (χ4v) is 4.91. The molecule has 0 fully saturated rings. The standard InChI is InChI=1S/C29H25N3O4S/c1-35-24-14-13-21(17-25(24)36-2)18-26-28(34)32(22-11-7-4-8-12-22)29(37-26)23(19-30)27(33)31-16-15-20-9-5-3-6-10-20/h3-14,17-18H,15-16H2,1-2H3,(H,31,33)/b26-18-,29-23+. The minimum Gasteiger partial charge on any atom is -0.493 e. The number of nitrogens with one attached hydrogen (secondary N) is 1. The average Bonchev–Trinajstić information content (AvgIpc) is 3.25. The number of hydrogen-bond donors (Lipinski definition) is 1. The van der Waals surface area contributed by atoms with E-state index in [0.29, 0.717) is 40.2 Å². The normalized spacial score (nSPS) is 12.0. The first-order valence-electron chi connectivity index (χ1n) is 11.5. The maximum absolute atomic E-state index is 13.5. The van der Waals surface area contributed by atoms with Gasteiger partial charge in [0.15, 0.2) is 17.1 Å². The van der Waals surface area contributed by atoms with Gasteiger partial charge in [-0.15, -0.1) is 11.3 Å². The third-order valence-corrected chi connectivity index (χ3v) is 6.73. The third kappa shape index (κ3) is 5.80. The summed E-state index contributed by atoms with van der Waals surface area (Å²) in [5.74, 6) is 0.570. The predicted molar refractivity (Wildman–Crippen MR) is 144 cm³/mol. The number of ether oxygens (including phenoxy) is 2. The molecule has 0 bridgehead atoms. The number of carbonyl (C=O) groups is 1. The van der Waals surface area contributed by atoms with Gasteiger partial charge in [0.2, 0.25) is 0 Å². The van der Waals surface area contributed by atoms with E-state index in [9.17, 15) is 14.9 Å². The topological polar surface area (TPSA) is 93.4 Å². The van der Waals surface area contributed by atoms with Gasteiger partial charge >= 0.3 is 0 Å². The van der Waals surface area contributed by atoms with Crippen molar-refractivity contribution in [3.8, 4) is 23.3 Å². The number of rotatable bonds is 8. The second-order valence-corrected chi connectivity index (χ2v) is 9.02. The molecule has 1 N–H and O–H groups in total. The number of methoxy groups -OCH3 is 2. The van der Waals surface area contributed by atoms with Crippen LogP contribution in [0, 0.1) is 11.3 Å². The first-order chi connectivity index (χ1) is 18.0. The van der Waals surface area contributed by atoms with Crippen molar-refractivity contribution < 1.29 is 14.3 Å². The molecule has 4 aromatic rings. The molecule has 3 aromatic carbocycles. The molecule has 0 aliphatic rings. The molecular weight excluding hydrogens is 486 g/mol. The van der Waals surface area contributed by atoms with Gasteiger partial charge in [0.05, 0.1) is 24.4 Å². The monoisotopic (exact) mass is 511 g/mol. The maximum atomic E-state index is 13.5. The summed E-state index contributed by atoms with van der Waals surface area (Å²) in [5, 5.41) is 12.8. The van der Waals surface area contributed by atoms with Crippen LogP contribution in [0.2, 0.25) is 0 Å². The van der Waals surface area contributed by atoms with Crippen LogP contribution >= 0.6 is 11.3 Å². The second-order valence-electron chi connectivity index (χ2n) is 7.98. The zero-order valence-corrected chi connectivity index (χ0v) is 21.2. The highest BCUT2D eigenvalue weighted by atomic mass is 32.1. The number of hydrogen-bond acceptors (Lipinski definition) is 6. The fourth-order valence-electron chi connectivity index (χ4n) is 3.80. The van der Waals surface area contributed by atoms with Crippen LogP contribution in [0.5, 0.6) is 11.5 Å². The van der Waals surface area contributed by atoms with Gasteiger partial charge in [-0.1, -0.05) is 54.6 Å². The average molecular weight is 512 g/mol. The molecule has 0 radical (unpaired) electrons. The van der Waals surface area contributed by atoms with Crippen molar-refractivity contribution in [2.24, 2.45) is 0 Å². The van der Waals surface area contributed by atoms with E-state index in [0.717, 1.165) is 16.9 Å². The molecular formula is C29H25N3O4S. The lowest BCUT2D eigenvalue weighted by molar-refractivity contribution is -0.115. The maximum Gasteiger partial charge on any atom is 0.273 e. The zero-order valence-electron chi connectivity index (χ0n) is 20.4. The first kappa shape index (κ1) is 25.5. The Morgan fingerprint density at radius 3 is 2.32 bits per heavy atom. The van der Waals surface area contributed by atoms with Crippen LogP contribution in [-0.2, 0) is 11.2 Å². The van der Waals surface area contributed by atoms with Gasteiger partial charge in [-0.05, 0) is 47.9 Å². The van der Waals surface area contributed by atoms with Crippen LogP contribution in [0.25, 0.3) is 17.3 Å². The van der Waals surface area contributed by atoms with E-state index in [4.69, 9.17) is 9.47 Å². The van der Waals surface area contributed by atoms with Gasteiger partial charge in [-0.3, -0.25) is 14.2 Å². The number of amides is 1. The lowest BCUT2D eigenvalue weighted by Gasteiger charge is -2.07. The largest absolute Gasteiger partial charge is 0.493 e. The van der Waals surface area contributed by atoms with E-state index in [1.54, 1.807) is 55.7 Å². The summed E-state index contributed by atoms with van der Waals surface area (Å²) in [4.78, 5) is 26.6. The van der Waals surface area contributed by atoms with Crippen LogP contribution in [0.3, 0.4) is 0 Å². The van der Waals surface area contributed by atoms with Crippen LogP contribution in [-0.4, -0.2) is 31.2 Å². The van der Waals surface area contributed by atoms with Gasteiger partial charge in [0.25, 0.3) is 11.5 Å². The Bertz CT molecular complexity index is 1620. The van der Waals surface area contributed by atoms with Gasteiger partial charge in [0, 0.05) is 6.54 Å². The molecule has 4 rings (SSSR count). The van der Waals surface area contributed by atoms with E-state index in [1.807, 2.05) is 42.5 Å². The molecule has 186 valence electrons. The van der Waals surface area contributed by atoms with Gasteiger partial charge < -0.3 is 14.8 Å². The van der Waals surface area contributed by atoms with Crippen molar-refractivity contribution in [2.75, 3.05) is 20.8 Å². The molecule has 0 saturated heterocycles. The Labute approximate surface area is 218 Å². The van der Waals surface area contributed by atoms with Crippen molar-refractivity contribution in [3.05, 3.63) is 110 Å². The number of nitrogens with zero attached hydrogens (tertiary/aromatic N) is 2. The number of aromatic nitrogens is 1. The predicted octanol–water partition coefficient (Wildman–Crippen LogP) is 2.78. The molecule has 0 aliphatic heterocycles. The fraction of sp³-hybridized carbons (Fsp3) is 0.138. The van der Waals surface area contributed by atoms with Crippen molar-refractivity contribution in [1.82, 2.24) is 9.88 Å². The summed E-state index contributed by atoms with van der Waals surface area (Å²) in [6.45, 7) is 0.361. The second kappa shape index (κ2) is 11.9. The Kier molecular flexibility index (Phi) is 8.18. The smallest absolute Gasteiger partial charge is 0.273 e. The van der Waals surface area contributed by atoms with E-state index in [-0.39, 0.29) is 15.8 Å². The molecule has 0 saturated carbocycles. The lowest BCUT2D eigenvalue weighted by Crippen LogP contribution is -2.34. The van der Waals surface area contributed by atoms with Crippen molar-refractivity contribution >= 4 is 28.9 Å². The number of nitriles is 1. The summed E-state index contributed by atoms with van der Waals surface area (Å²) in [7, 11) is 3.09. The van der Waals surface area contributed by atoms with E-state index >= 15 is 0 Å². The number of benzene rings is 3. The van der Waals surface area contributed by atoms with Crippen molar-refractivity contribution in [2.45, 2.75) is 6.42 Å². The van der Waals surface area contributed by atoms with Gasteiger partial charge in [0.1, 0.15) is 10.7 Å². The highest BCUT2D eigenvalue weighted by Gasteiger charge is 2.17. The molecule has 1 aromatic heterocycles. The Morgan fingerprint density at radius 2 is 1.68 bits per heavy atom. The summed E-state index contributed by atoms with van der Waals surface area (Å²) in [6, 6.07) is 26.0. The molecule has 8 heteroatoms. The Balaban J connectivity index is 1.81. The zero-order chi connectivity index (χ0) is 26.2. The van der Waals surface area contributed by atoms with Crippen molar-refractivity contribution in [1.29, 1.82) is 5.26 Å². The minimum atomic E-state index is -0.526. The van der Waals surface area contributed by atoms with E-state index in [2.05, 4.69) is 5.32 Å². The molecule has 0 unspecified atom stereocenters. The quantitative estimate of drug-likeness (QED) is 0.393. The van der Waals surface area contributed by atoms with Crippen LogP contribution < -0.4 is 29.5 Å².